The van der Waals surface area contributed by atoms with Crippen molar-refractivity contribution in [3.63, 3.8) is 0 Å². The highest BCUT2D eigenvalue weighted by molar-refractivity contribution is 6.01. The Morgan fingerprint density at radius 3 is 2.56 bits per heavy atom. The first-order valence-corrected chi connectivity index (χ1v) is 7.24. The number of para-hydroxylation sites is 1. The average molecular weight is 351 g/mol. The van der Waals surface area contributed by atoms with Crippen LogP contribution >= 0.6 is 0 Å². The van der Waals surface area contributed by atoms with Crippen molar-refractivity contribution in [3.05, 3.63) is 69.8 Å². The van der Waals surface area contributed by atoms with Gasteiger partial charge in [-0.05, 0) is 12.1 Å². The molecule has 1 aliphatic rings. The predicted octanol–water partition coefficient (Wildman–Crippen LogP) is 3.72. The maximum absolute atomic E-state index is 13.0. The van der Waals surface area contributed by atoms with Crippen molar-refractivity contribution in [3.8, 4) is 0 Å². The van der Waals surface area contributed by atoms with Gasteiger partial charge in [-0.25, -0.2) is 0 Å². The van der Waals surface area contributed by atoms with Gasteiger partial charge in [-0.1, -0.05) is 24.3 Å². The summed E-state index contributed by atoms with van der Waals surface area (Å²) < 4.78 is 38.9. The number of amides is 1. The van der Waals surface area contributed by atoms with Crippen molar-refractivity contribution in [1.29, 1.82) is 0 Å². The molecule has 130 valence electrons. The molecule has 0 spiro atoms. The number of nitrogens with one attached hydrogen (secondary N) is 1. The number of rotatable bonds is 3. The van der Waals surface area contributed by atoms with Crippen LogP contribution < -0.4 is 5.32 Å². The van der Waals surface area contributed by atoms with E-state index in [-0.39, 0.29) is 16.8 Å². The number of nitro benzene ring substituents is 1. The zero-order valence-corrected chi connectivity index (χ0v) is 12.7. The van der Waals surface area contributed by atoms with Gasteiger partial charge in [0.25, 0.3) is 11.6 Å². The Morgan fingerprint density at radius 2 is 1.88 bits per heavy atom. The van der Waals surface area contributed by atoms with Crippen molar-refractivity contribution in [1.82, 2.24) is 4.90 Å². The molecule has 0 bridgehead atoms. The molecular weight excluding hydrogens is 339 g/mol. The number of nitrogens with zero attached hydrogens (tertiary/aromatic N) is 2. The van der Waals surface area contributed by atoms with Crippen LogP contribution in [-0.4, -0.2) is 28.5 Å². The second-order valence-corrected chi connectivity index (χ2v) is 5.49. The fourth-order valence-corrected chi connectivity index (χ4v) is 2.72. The van der Waals surface area contributed by atoms with Crippen LogP contribution in [0.4, 0.5) is 24.5 Å². The summed E-state index contributed by atoms with van der Waals surface area (Å²) >= 11 is 0. The lowest BCUT2D eigenvalue weighted by Crippen LogP contribution is -2.47. The van der Waals surface area contributed by atoms with E-state index in [4.69, 9.17) is 0 Å². The third-order valence-electron chi connectivity index (χ3n) is 3.77. The van der Waals surface area contributed by atoms with Crippen molar-refractivity contribution < 1.29 is 22.9 Å². The molecule has 0 aliphatic carbocycles. The summed E-state index contributed by atoms with van der Waals surface area (Å²) in [5, 5.41) is 13.8. The molecule has 0 fully saturated rings. The number of nitro groups is 1. The largest absolute Gasteiger partial charge is 0.406 e. The molecule has 1 amide bonds. The van der Waals surface area contributed by atoms with Gasteiger partial charge < -0.3 is 10.2 Å². The second-order valence-electron chi connectivity index (χ2n) is 5.49. The topological polar surface area (TPSA) is 75.5 Å². The van der Waals surface area contributed by atoms with Crippen LogP contribution in [0.5, 0.6) is 0 Å². The van der Waals surface area contributed by atoms with E-state index >= 15 is 0 Å². The third-order valence-corrected chi connectivity index (χ3v) is 3.77. The van der Waals surface area contributed by atoms with Crippen LogP contribution in [0.3, 0.4) is 0 Å². The van der Waals surface area contributed by atoms with Gasteiger partial charge in [0.15, 0.2) is 0 Å². The van der Waals surface area contributed by atoms with Gasteiger partial charge in [0.1, 0.15) is 12.7 Å². The number of carbonyl (C=O) groups is 1. The van der Waals surface area contributed by atoms with Crippen LogP contribution in [0.2, 0.25) is 0 Å². The molecule has 2 aromatic rings. The summed E-state index contributed by atoms with van der Waals surface area (Å²) in [6.07, 6.45) is -5.77. The molecule has 25 heavy (non-hydrogen) atoms. The minimum Gasteiger partial charge on any atom is -0.361 e. The molecule has 0 saturated carbocycles. The Balaban J connectivity index is 2.07. The highest BCUT2D eigenvalue weighted by Gasteiger charge is 2.40. The van der Waals surface area contributed by atoms with Gasteiger partial charge in [-0.3, -0.25) is 14.9 Å². The average Bonchev–Trinajstić information content (AvgIpc) is 2.56. The molecule has 2 aromatic carbocycles. The number of benzene rings is 2. The molecule has 0 unspecified atom stereocenters. The summed E-state index contributed by atoms with van der Waals surface area (Å²) in [7, 11) is 0. The van der Waals surface area contributed by atoms with E-state index in [1.54, 1.807) is 18.2 Å². The zero-order valence-electron chi connectivity index (χ0n) is 12.7. The number of non-ortho nitro benzene ring substituents is 1. The normalized spacial score (nSPS) is 17.0. The Hall–Kier alpha value is -3.10. The molecule has 0 aromatic heterocycles. The first-order chi connectivity index (χ1) is 11.8. The second kappa shape index (κ2) is 6.08. The number of fused-ring (bicyclic) bond motifs is 1. The van der Waals surface area contributed by atoms with E-state index in [1.807, 2.05) is 0 Å². The van der Waals surface area contributed by atoms with Gasteiger partial charge in [-0.15, -0.1) is 0 Å². The highest BCUT2D eigenvalue weighted by atomic mass is 19.4. The maximum atomic E-state index is 13.0. The van der Waals surface area contributed by atoms with Crippen molar-refractivity contribution in [2.75, 3.05) is 11.9 Å². The molecule has 0 radical (unpaired) electrons. The number of hydrogen-bond acceptors (Lipinski definition) is 4. The Labute approximate surface area is 140 Å². The lowest BCUT2D eigenvalue weighted by atomic mass is 10.0. The van der Waals surface area contributed by atoms with Crippen molar-refractivity contribution in [2.24, 2.45) is 0 Å². The van der Waals surface area contributed by atoms with E-state index in [0.717, 1.165) is 6.07 Å². The van der Waals surface area contributed by atoms with Gasteiger partial charge in [0.05, 0.1) is 10.5 Å². The fourth-order valence-electron chi connectivity index (χ4n) is 2.72. The Kier molecular flexibility index (Phi) is 4.07. The van der Waals surface area contributed by atoms with Crippen LogP contribution in [0.25, 0.3) is 0 Å². The van der Waals surface area contributed by atoms with Crippen molar-refractivity contribution in [2.45, 2.75) is 12.3 Å². The van der Waals surface area contributed by atoms with Crippen LogP contribution in [0.15, 0.2) is 48.5 Å². The van der Waals surface area contributed by atoms with E-state index in [2.05, 4.69) is 5.32 Å². The molecule has 1 atom stereocenters. The summed E-state index contributed by atoms with van der Waals surface area (Å²) in [5.74, 6) is -0.789. The van der Waals surface area contributed by atoms with Gasteiger partial charge >= 0.3 is 6.18 Å². The fraction of sp³-hybridized carbons (Fsp3) is 0.188. The van der Waals surface area contributed by atoms with Crippen LogP contribution in [0.1, 0.15) is 22.1 Å². The standard InChI is InChI=1S/C16H12F3N3O3/c17-16(18,19)9-21-14(10-4-3-5-11(8-10)22(24)25)20-13-7-2-1-6-12(13)15(21)23/h1-8,14,20H,9H2/t14-/m0/s1. The van der Waals surface area contributed by atoms with E-state index < -0.39 is 29.7 Å². The first-order valence-electron chi connectivity index (χ1n) is 7.24. The molecular formula is C16H12F3N3O3. The number of hydrogen-bond donors (Lipinski definition) is 1. The number of alkyl halides is 3. The lowest BCUT2D eigenvalue weighted by molar-refractivity contribution is -0.384. The van der Waals surface area contributed by atoms with E-state index in [9.17, 15) is 28.1 Å². The molecule has 6 nitrogen and oxygen atoms in total. The smallest absolute Gasteiger partial charge is 0.361 e. The van der Waals surface area contributed by atoms with E-state index in [1.165, 1.54) is 24.3 Å². The van der Waals surface area contributed by atoms with E-state index in [0.29, 0.717) is 10.6 Å². The molecule has 3 rings (SSSR count). The highest BCUT2D eigenvalue weighted by Crippen LogP contribution is 2.35. The van der Waals surface area contributed by atoms with Crippen molar-refractivity contribution >= 4 is 17.3 Å². The lowest BCUT2D eigenvalue weighted by Gasteiger charge is -2.38. The quantitative estimate of drug-likeness (QED) is 0.675. The molecule has 1 heterocycles. The zero-order chi connectivity index (χ0) is 18.2. The number of anilines is 1. The summed E-state index contributed by atoms with van der Waals surface area (Å²) in [6.45, 7) is -1.47. The Bertz CT molecular complexity index is 839. The first kappa shape index (κ1) is 16.7. The minimum absolute atomic E-state index is 0.119. The molecule has 0 saturated heterocycles. The molecule has 9 heteroatoms. The number of halogens is 3. The Morgan fingerprint density at radius 1 is 1.16 bits per heavy atom. The van der Waals surface area contributed by atoms with Gasteiger partial charge in [-0.2, -0.15) is 13.2 Å². The predicted molar refractivity (Wildman–Crippen MR) is 83.0 cm³/mol. The molecule has 1 N–H and O–H groups in total. The monoisotopic (exact) mass is 351 g/mol. The summed E-state index contributed by atoms with van der Waals surface area (Å²) in [5.41, 5.74) is 0.426. The van der Waals surface area contributed by atoms with Crippen LogP contribution in [0, 0.1) is 10.1 Å². The van der Waals surface area contributed by atoms with Gasteiger partial charge in [0, 0.05) is 23.4 Å². The number of carbonyl (C=O) groups excluding carboxylic acids is 1. The SMILES string of the molecule is O=C1c2ccccc2N[C@H](c2cccc([N+](=O)[O-])c2)N1CC(F)(F)F. The van der Waals surface area contributed by atoms with Crippen LogP contribution in [-0.2, 0) is 0 Å². The summed E-state index contributed by atoms with van der Waals surface area (Å²) in [4.78, 5) is 23.5. The maximum Gasteiger partial charge on any atom is 0.406 e. The molecule has 1 aliphatic heterocycles. The minimum atomic E-state index is -4.61. The van der Waals surface area contributed by atoms with Gasteiger partial charge in [0.2, 0.25) is 0 Å². The third kappa shape index (κ3) is 3.39. The summed E-state index contributed by atoms with van der Waals surface area (Å²) in [6, 6.07) is 11.4.